The highest BCUT2D eigenvalue weighted by atomic mass is 35.5. The SMILES string of the molecule is Cl.O=C1CCCc2c(CCNC3CCCC3)c3ccccc3n21. The summed E-state index contributed by atoms with van der Waals surface area (Å²) in [7, 11) is 0. The van der Waals surface area contributed by atoms with E-state index < -0.39 is 0 Å². The zero-order chi connectivity index (χ0) is 14.9. The highest BCUT2D eigenvalue weighted by molar-refractivity contribution is 5.96. The van der Waals surface area contributed by atoms with Gasteiger partial charge in [0, 0.05) is 23.5 Å². The third-order valence-electron chi connectivity index (χ3n) is 5.31. The average Bonchev–Trinajstić information content (AvgIpc) is 3.15. The Hall–Kier alpha value is -1.32. The van der Waals surface area contributed by atoms with Crippen LogP contribution in [0.5, 0.6) is 0 Å². The summed E-state index contributed by atoms with van der Waals surface area (Å²) < 4.78 is 1.99. The minimum absolute atomic E-state index is 0. The monoisotopic (exact) mass is 332 g/mol. The Labute approximate surface area is 143 Å². The smallest absolute Gasteiger partial charge is 0.231 e. The molecule has 4 heteroatoms. The second-order valence-electron chi connectivity index (χ2n) is 6.71. The van der Waals surface area contributed by atoms with Gasteiger partial charge in [0.2, 0.25) is 5.91 Å². The first-order valence-electron chi connectivity index (χ1n) is 8.72. The third kappa shape index (κ3) is 3.05. The van der Waals surface area contributed by atoms with Crippen LogP contribution in [0.25, 0.3) is 10.9 Å². The quantitative estimate of drug-likeness (QED) is 0.914. The van der Waals surface area contributed by atoms with E-state index in [1.54, 1.807) is 0 Å². The van der Waals surface area contributed by atoms with Crippen molar-refractivity contribution in [2.75, 3.05) is 6.54 Å². The van der Waals surface area contributed by atoms with Crippen LogP contribution in [0.4, 0.5) is 0 Å². The fraction of sp³-hybridized carbons (Fsp3) is 0.526. The Morgan fingerprint density at radius 1 is 1.09 bits per heavy atom. The number of hydrogen-bond acceptors (Lipinski definition) is 2. The van der Waals surface area contributed by atoms with Gasteiger partial charge in [0.1, 0.15) is 0 Å². The fourth-order valence-corrected chi connectivity index (χ4v) is 4.24. The van der Waals surface area contributed by atoms with Crippen LogP contribution in [0, 0.1) is 0 Å². The van der Waals surface area contributed by atoms with E-state index in [9.17, 15) is 4.79 Å². The largest absolute Gasteiger partial charge is 0.314 e. The van der Waals surface area contributed by atoms with Gasteiger partial charge in [-0.25, -0.2) is 0 Å². The van der Waals surface area contributed by atoms with Crippen LogP contribution in [0.1, 0.15) is 54.6 Å². The summed E-state index contributed by atoms with van der Waals surface area (Å²) in [5, 5.41) is 4.99. The molecule has 23 heavy (non-hydrogen) atoms. The van der Waals surface area contributed by atoms with E-state index in [1.807, 2.05) is 10.6 Å². The topological polar surface area (TPSA) is 34.0 Å². The maximum Gasteiger partial charge on any atom is 0.231 e. The summed E-state index contributed by atoms with van der Waals surface area (Å²) in [6.45, 7) is 1.03. The number of carbonyl (C=O) groups is 1. The summed E-state index contributed by atoms with van der Waals surface area (Å²) in [5.41, 5.74) is 3.78. The van der Waals surface area contributed by atoms with Crippen LogP contribution in [0.2, 0.25) is 0 Å². The maximum absolute atomic E-state index is 12.3. The van der Waals surface area contributed by atoms with Crippen LogP contribution >= 0.6 is 12.4 Å². The van der Waals surface area contributed by atoms with Crippen LogP contribution in [0.3, 0.4) is 0 Å². The summed E-state index contributed by atoms with van der Waals surface area (Å²) in [5.74, 6) is 0.271. The molecule has 0 bridgehead atoms. The lowest BCUT2D eigenvalue weighted by atomic mass is 10.0. The van der Waals surface area contributed by atoms with Crippen LogP contribution in [-0.2, 0) is 12.8 Å². The number of benzene rings is 1. The molecule has 1 saturated carbocycles. The first-order valence-corrected chi connectivity index (χ1v) is 8.72. The van der Waals surface area contributed by atoms with E-state index in [2.05, 4.69) is 23.5 Å². The van der Waals surface area contributed by atoms with Crippen molar-refractivity contribution in [3.8, 4) is 0 Å². The third-order valence-corrected chi connectivity index (χ3v) is 5.31. The van der Waals surface area contributed by atoms with Crippen molar-refractivity contribution in [1.29, 1.82) is 0 Å². The van der Waals surface area contributed by atoms with Gasteiger partial charge in [0.05, 0.1) is 5.52 Å². The summed E-state index contributed by atoms with van der Waals surface area (Å²) in [4.78, 5) is 12.3. The molecule has 1 aromatic carbocycles. The minimum Gasteiger partial charge on any atom is -0.314 e. The molecule has 124 valence electrons. The van der Waals surface area contributed by atoms with Gasteiger partial charge < -0.3 is 5.32 Å². The lowest BCUT2D eigenvalue weighted by molar-refractivity contribution is 0.0889. The molecule has 2 aromatic rings. The number of halogens is 1. The minimum atomic E-state index is 0. The molecule has 1 aliphatic heterocycles. The van der Waals surface area contributed by atoms with Crippen LogP contribution in [0.15, 0.2) is 24.3 Å². The lowest BCUT2D eigenvalue weighted by Crippen LogP contribution is -2.28. The number of nitrogens with zero attached hydrogens (tertiary/aromatic N) is 1. The normalized spacial score (nSPS) is 18.2. The number of rotatable bonds is 4. The second kappa shape index (κ2) is 7.06. The second-order valence-corrected chi connectivity index (χ2v) is 6.71. The Morgan fingerprint density at radius 2 is 1.87 bits per heavy atom. The Bertz CT molecular complexity index is 701. The molecule has 0 spiro atoms. The van der Waals surface area contributed by atoms with Crippen LogP contribution < -0.4 is 5.32 Å². The molecular weight excluding hydrogens is 308 g/mol. The van der Waals surface area contributed by atoms with Gasteiger partial charge in [0.25, 0.3) is 0 Å². The van der Waals surface area contributed by atoms with Crippen molar-refractivity contribution in [3.63, 3.8) is 0 Å². The number of hydrogen-bond donors (Lipinski definition) is 1. The van der Waals surface area contributed by atoms with Gasteiger partial charge in [-0.1, -0.05) is 31.0 Å². The number of fused-ring (bicyclic) bond motifs is 3. The lowest BCUT2D eigenvalue weighted by Gasteiger charge is -2.16. The Balaban J connectivity index is 0.00000156. The molecule has 1 aromatic heterocycles. The number of nitrogens with one attached hydrogen (secondary N) is 1. The van der Waals surface area contributed by atoms with Crippen molar-refractivity contribution in [2.45, 2.75) is 57.4 Å². The van der Waals surface area contributed by atoms with E-state index >= 15 is 0 Å². The molecule has 1 N–H and O–H groups in total. The van der Waals surface area contributed by atoms with Crippen molar-refractivity contribution >= 4 is 29.2 Å². The average molecular weight is 333 g/mol. The molecule has 1 aliphatic carbocycles. The van der Waals surface area contributed by atoms with E-state index in [0.717, 1.165) is 31.3 Å². The van der Waals surface area contributed by atoms with Crippen molar-refractivity contribution in [2.24, 2.45) is 0 Å². The molecule has 1 fully saturated rings. The standard InChI is InChI=1S/C19H24N2O.ClH/c22-19-11-5-10-18-16(12-13-20-14-6-1-2-7-14)15-8-3-4-9-17(15)21(18)19;/h3-4,8-9,14,20H,1-2,5-7,10-13H2;1H. The molecule has 0 radical (unpaired) electrons. The fourth-order valence-electron chi connectivity index (χ4n) is 4.24. The highest BCUT2D eigenvalue weighted by Crippen LogP contribution is 2.31. The van der Waals surface area contributed by atoms with E-state index in [-0.39, 0.29) is 18.3 Å². The predicted molar refractivity (Wildman–Crippen MR) is 96.7 cm³/mol. The Kier molecular flexibility index (Phi) is 5.08. The van der Waals surface area contributed by atoms with Gasteiger partial charge >= 0.3 is 0 Å². The molecule has 0 atom stereocenters. The zero-order valence-electron chi connectivity index (χ0n) is 13.5. The van der Waals surface area contributed by atoms with Crippen molar-refractivity contribution in [3.05, 3.63) is 35.5 Å². The first kappa shape index (κ1) is 16.5. The van der Waals surface area contributed by atoms with Gasteiger partial charge in [-0.2, -0.15) is 0 Å². The molecule has 0 unspecified atom stereocenters. The summed E-state index contributed by atoms with van der Waals surface area (Å²) in [6, 6.07) is 9.12. The predicted octanol–water partition coefficient (Wildman–Crippen LogP) is 4.11. The number of aromatic nitrogens is 1. The van der Waals surface area contributed by atoms with Gasteiger partial charge in [-0.3, -0.25) is 9.36 Å². The summed E-state index contributed by atoms with van der Waals surface area (Å²) in [6.07, 6.45) is 9.16. The van der Waals surface area contributed by atoms with Gasteiger partial charge in [0.15, 0.2) is 0 Å². The van der Waals surface area contributed by atoms with Gasteiger partial charge in [-0.05, 0) is 50.3 Å². The molecular formula is C19H25ClN2O. The van der Waals surface area contributed by atoms with Crippen molar-refractivity contribution in [1.82, 2.24) is 9.88 Å². The molecule has 3 nitrogen and oxygen atoms in total. The van der Waals surface area contributed by atoms with E-state index in [1.165, 1.54) is 42.3 Å². The van der Waals surface area contributed by atoms with Crippen molar-refractivity contribution < 1.29 is 4.79 Å². The molecule has 2 heterocycles. The molecule has 0 amide bonds. The zero-order valence-corrected chi connectivity index (χ0v) is 14.3. The maximum atomic E-state index is 12.3. The number of para-hydroxylation sites is 1. The first-order chi connectivity index (χ1) is 10.8. The Morgan fingerprint density at radius 3 is 2.70 bits per heavy atom. The highest BCUT2D eigenvalue weighted by Gasteiger charge is 2.24. The molecule has 2 aliphatic rings. The summed E-state index contributed by atoms with van der Waals surface area (Å²) >= 11 is 0. The van der Waals surface area contributed by atoms with Gasteiger partial charge in [-0.15, -0.1) is 12.4 Å². The molecule has 4 rings (SSSR count). The van der Waals surface area contributed by atoms with Crippen LogP contribution in [-0.4, -0.2) is 23.1 Å². The molecule has 0 saturated heterocycles. The number of carbonyl (C=O) groups excluding carboxylic acids is 1. The van der Waals surface area contributed by atoms with E-state index in [0.29, 0.717) is 12.5 Å². The van der Waals surface area contributed by atoms with E-state index in [4.69, 9.17) is 0 Å².